The number of hydrogen-bond donors (Lipinski definition) is 0. The zero-order valence-electron chi connectivity index (χ0n) is 17.5. The second kappa shape index (κ2) is 9.74. The van der Waals surface area contributed by atoms with Gasteiger partial charge in [0.15, 0.2) is 0 Å². The van der Waals surface area contributed by atoms with Crippen LogP contribution in [0.4, 0.5) is 5.69 Å². The van der Waals surface area contributed by atoms with Gasteiger partial charge in [0.1, 0.15) is 12.4 Å². The van der Waals surface area contributed by atoms with Gasteiger partial charge in [0.05, 0.1) is 27.8 Å². The Morgan fingerprint density at radius 1 is 1.29 bits per heavy atom. The molecule has 0 aliphatic rings. The highest BCUT2D eigenvalue weighted by atomic mass is 79.9. The monoisotopic (exact) mass is 486 g/mol. The van der Waals surface area contributed by atoms with Crippen LogP contribution in [0.1, 0.15) is 34.1 Å². The number of carbonyl (C=O) groups is 1. The van der Waals surface area contributed by atoms with Crippen molar-refractivity contribution in [1.29, 1.82) is 0 Å². The van der Waals surface area contributed by atoms with Crippen LogP contribution in [-0.4, -0.2) is 32.6 Å². The van der Waals surface area contributed by atoms with E-state index in [0.29, 0.717) is 23.4 Å². The molecule has 0 saturated heterocycles. The lowest BCUT2D eigenvalue weighted by Crippen LogP contribution is -2.27. The number of amides is 1. The topological polar surface area (TPSA) is 90.5 Å². The molecule has 0 fully saturated rings. The molecule has 0 N–H and O–H groups in total. The standard InChI is InChI=1S/C22H23BrN4O4/c1-4-26-21(19(23)12-24-26)13-25(3)22(28)17-7-5-6-16(11-17)14-31-18-8-9-20(27(29)30)15(2)10-18/h5-12H,4,13-14H2,1-3H3. The van der Waals surface area contributed by atoms with Gasteiger partial charge in [0.2, 0.25) is 0 Å². The zero-order valence-corrected chi connectivity index (χ0v) is 19.1. The maximum atomic E-state index is 12.9. The van der Waals surface area contributed by atoms with Gasteiger partial charge in [-0.05, 0) is 59.6 Å². The molecule has 0 saturated carbocycles. The van der Waals surface area contributed by atoms with E-state index in [0.717, 1.165) is 22.3 Å². The van der Waals surface area contributed by atoms with Crippen LogP contribution in [0.5, 0.6) is 5.75 Å². The summed E-state index contributed by atoms with van der Waals surface area (Å²) in [4.78, 5) is 25.1. The Morgan fingerprint density at radius 3 is 2.74 bits per heavy atom. The summed E-state index contributed by atoms with van der Waals surface area (Å²) in [5, 5.41) is 15.2. The normalized spacial score (nSPS) is 10.7. The van der Waals surface area contributed by atoms with Crippen molar-refractivity contribution in [2.75, 3.05) is 7.05 Å². The van der Waals surface area contributed by atoms with Gasteiger partial charge in [-0.25, -0.2) is 0 Å². The Hall–Kier alpha value is -3.20. The van der Waals surface area contributed by atoms with Crippen LogP contribution in [0.15, 0.2) is 53.1 Å². The first-order valence-corrected chi connectivity index (χ1v) is 10.5. The van der Waals surface area contributed by atoms with Gasteiger partial charge in [0.25, 0.3) is 11.6 Å². The van der Waals surface area contributed by atoms with E-state index in [1.165, 1.54) is 6.07 Å². The fourth-order valence-electron chi connectivity index (χ4n) is 3.22. The molecule has 1 aromatic heterocycles. The molecule has 0 aliphatic carbocycles. The van der Waals surface area contributed by atoms with Crippen molar-refractivity contribution in [2.24, 2.45) is 0 Å². The zero-order chi connectivity index (χ0) is 22.5. The van der Waals surface area contributed by atoms with Gasteiger partial charge < -0.3 is 9.64 Å². The summed E-state index contributed by atoms with van der Waals surface area (Å²) in [5.41, 5.74) is 2.91. The molecule has 3 aromatic rings. The number of nitro benzene ring substituents is 1. The highest BCUT2D eigenvalue weighted by Gasteiger charge is 2.17. The Kier molecular flexibility index (Phi) is 7.06. The molecule has 0 spiro atoms. The van der Waals surface area contributed by atoms with E-state index in [-0.39, 0.29) is 18.2 Å². The molecular formula is C22H23BrN4O4. The number of aromatic nitrogens is 2. The highest BCUT2D eigenvalue weighted by molar-refractivity contribution is 9.10. The third kappa shape index (κ3) is 5.29. The third-order valence-electron chi connectivity index (χ3n) is 4.88. The van der Waals surface area contributed by atoms with E-state index < -0.39 is 4.92 Å². The third-order valence-corrected chi connectivity index (χ3v) is 5.54. The number of carbonyl (C=O) groups excluding carboxylic acids is 1. The van der Waals surface area contributed by atoms with E-state index in [9.17, 15) is 14.9 Å². The van der Waals surface area contributed by atoms with Crippen LogP contribution >= 0.6 is 15.9 Å². The molecule has 0 unspecified atom stereocenters. The van der Waals surface area contributed by atoms with Crippen molar-refractivity contribution in [3.8, 4) is 5.75 Å². The van der Waals surface area contributed by atoms with E-state index in [1.54, 1.807) is 49.3 Å². The number of rotatable bonds is 8. The second-order valence-electron chi connectivity index (χ2n) is 7.11. The van der Waals surface area contributed by atoms with E-state index in [4.69, 9.17) is 4.74 Å². The molecule has 162 valence electrons. The SMILES string of the molecule is CCn1ncc(Br)c1CN(C)C(=O)c1cccc(COc2ccc([N+](=O)[O-])c(C)c2)c1. The summed E-state index contributed by atoms with van der Waals surface area (Å²) in [5.74, 6) is 0.429. The first-order chi connectivity index (χ1) is 14.8. The van der Waals surface area contributed by atoms with Crippen molar-refractivity contribution in [1.82, 2.24) is 14.7 Å². The smallest absolute Gasteiger partial charge is 0.272 e. The van der Waals surface area contributed by atoms with Crippen molar-refractivity contribution in [3.05, 3.63) is 85.6 Å². The van der Waals surface area contributed by atoms with E-state index in [1.807, 2.05) is 23.7 Å². The van der Waals surface area contributed by atoms with Crippen LogP contribution in [0.3, 0.4) is 0 Å². The van der Waals surface area contributed by atoms with Gasteiger partial charge in [0, 0.05) is 30.8 Å². The minimum Gasteiger partial charge on any atom is -0.489 e. The maximum Gasteiger partial charge on any atom is 0.272 e. The van der Waals surface area contributed by atoms with Gasteiger partial charge in [-0.1, -0.05) is 12.1 Å². The van der Waals surface area contributed by atoms with Crippen molar-refractivity contribution in [2.45, 2.75) is 33.5 Å². The Balaban J connectivity index is 1.68. The Morgan fingerprint density at radius 2 is 2.06 bits per heavy atom. The average molecular weight is 487 g/mol. The molecule has 1 amide bonds. The molecule has 8 nitrogen and oxygen atoms in total. The largest absolute Gasteiger partial charge is 0.489 e. The molecule has 0 aliphatic heterocycles. The minimum absolute atomic E-state index is 0.0547. The fourth-order valence-corrected chi connectivity index (χ4v) is 3.64. The van der Waals surface area contributed by atoms with Crippen molar-refractivity contribution >= 4 is 27.5 Å². The lowest BCUT2D eigenvalue weighted by Gasteiger charge is -2.19. The number of ether oxygens (including phenoxy) is 1. The molecule has 0 atom stereocenters. The molecule has 0 bridgehead atoms. The average Bonchev–Trinajstić information content (AvgIpc) is 3.11. The summed E-state index contributed by atoms with van der Waals surface area (Å²) in [7, 11) is 1.75. The van der Waals surface area contributed by atoms with Crippen LogP contribution < -0.4 is 4.74 Å². The quantitative estimate of drug-likeness (QED) is 0.339. The second-order valence-corrected chi connectivity index (χ2v) is 7.96. The van der Waals surface area contributed by atoms with E-state index in [2.05, 4.69) is 21.0 Å². The number of nitro groups is 1. The summed E-state index contributed by atoms with van der Waals surface area (Å²) >= 11 is 3.49. The summed E-state index contributed by atoms with van der Waals surface area (Å²) in [6.07, 6.45) is 1.73. The van der Waals surface area contributed by atoms with Crippen molar-refractivity contribution in [3.63, 3.8) is 0 Å². The Labute approximate surface area is 188 Å². The van der Waals surface area contributed by atoms with E-state index >= 15 is 0 Å². The van der Waals surface area contributed by atoms with Gasteiger partial charge >= 0.3 is 0 Å². The molecule has 31 heavy (non-hydrogen) atoms. The minimum atomic E-state index is -0.420. The lowest BCUT2D eigenvalue weighted by atomic mass is 10.1. The number of hydrogen-bond acceptors (Lipinski definition) is 5. The van der Waals surface area contributed by atoms with Crippen LogP contribution in [0.2, 0.25) is 0 Å². The predicted molar refractivity (Wildman–Crippen MR) is 120 cm³/mol. The number of nitrogens with zero attached hydrogens (tertiary/aromatic N) is 4. The van der Waals surface area contributed by atoms with Crippen LogP contribution in [-0.2, 0) is 19.7 Å². The fraction of sp³-hybridized carbons (Fsp3) is 0.273. The molecule has 9 heteroatoms. The summed E-state index contributed by atoms with van der Waals surface area (Å²) in [6, 6.07) is 11.9. The molecule has 2 aromatic carbocycles. The Bertz CT molecular complexity index is 1110. The van der Waals surface area contributed by atoms with Crippen LogP contribution in [0.25, 0.3) is 0 Å². The van der Waals surface area contributed by atoms with Crippen LogP contribution in [0, 0.1) is 17.0 Å². The molecule has 3 rings (SSSR count). The first-order valence-electron chi connectivity index (χ1n) is 9.72. The number of benzene rings is 2. The van der Waals surface area contributed by atoms with Gasteiger partial charge in [-0.2, -0.15) is 5.10 Å². The van der Waals surface area contributed by atoms with Gasteiger partial charge in [-0.3, -0.25) is 19.6 Å². The number of aryl methyl sites for hydroxylation is 2. The molecule has 0 radical (unpaired) electrons. The maximum absolute atomic E-state index is 12.9. The summed E-state index contributed by atoms with van der Waals surface area (Å²) < 4.78 is 8.49. The predicted octanol–water partition coefficient (Wildman–Crippen LogP) is 4.73. The highest BCUT2D eigenvalue weighted by Crippen LogP contribution is 2.24. The molecular weight excluding hydrogens is 464 g/mol. The first kappa shape index (κ1) is 22.5. The van der Waals surface area contributed by atoms with Gasteiger partial charge in [-0.15, -0.1) is 0 Å². The number of halogens is 1. The van der Waals surface area contributed by atoms with Crippen molar-refractivity contribution < 1.29 is 14.5 Å². The molecule has 1 heterocycles. The summed E-state index contributed by atoms with van der Waals surface area (Å²) in [6.45, 7) is 5.06. The lowest BCUT2D eigenvalue weighted by molar-refractivity contribution is -0.385.